The van der Waals surface area contributed by atoms with Gasteiger partial charge in [-0.25, -0.2) is 0 Å². The lowest BCUT2D eigenvalue weighted by Crippen LogP contribution is -2.41. The number of rotatable bonds is 4. The maximum Gasteiger partial charge on any atom is 0.284 e. The zero-order chi connectivity index (χ0) is 13.1. The summed E-state index contributed by atoms with van der Waals surface area (Å²) in [6.45, 7) is 5.07. The van der Waals surface area contributed by atoms with Gasteiger partial charge >= 0.3 is 0 Å². The summed E-state index contributed by atoms with van der Waals surface area (Å²) in [4.78, 5) is 16.2. The fourth-order valence-corrected chi connectivity index (χ4v) is 3.01. The maximum absolute atomic E-state index is 12.1. The van der Waals surface area contributed by atoms with Crippen molar-refractivity contribution in [3.05, 3.63) is 5.01 Å². The van der Waals surface area contributed by atoms with Gasteiger partial charge in [-0.2, -0.15) is 0 Å². The molecule has 2 rings (SSSR count). The molecule has 1 aliphatic rings. The van der Waals surface area contributed by atoms with Crippen LogP contribution in [0.3, 0.4) is 0 Å². The molecule has 7 heteroatoms. The fraction of sp³-hybridized carbons (Fsp3) is 0.727. The number of carbonyl (C=O) groups excluding carboxylic acids is 1. The van der Waals surface area contributed by atoms with E-state index in [1.54, 1.807) is 4.90 Å². The third-order valence-corrected chi connectivity index (χ3v) is 4.10. The lowest BCUT2D eigenvalue weighted by atomic mass is 10.2. The smallest absolute Gasteiger partial charge is 0.284 e. The zero-order valence-corrected chi connectivity index (χ0v) is 11.6. The number of likely N-dealkylation sites (tertiary alicyclic amines) is 1. The molecule has 1 unspecified atom stereocenters. The van der Waals surface area contributed by atoms with Gasteiger partial charge in [0, 0.05) is 19.6 Å². The van der Waals surface area contributed by atoms with Gasteiger partial charge in [-0.05, 0) is 25.9 Å². The first kappa shape index (κ1) is 13.2. The van der Waals surface area contributed by atoms with Gasteiger partial charge in [0.1, 0.15) is 0 Å². The number of hydrogen-bond acceptors (Lipinski definition) is 6. The van der Waals surface area contributed by atoms with Crippen molar-refractivity contribution in [2.75, 3.05) is 32.4 Å². The number of nitrogens with two attached hydrogens (primary N) is 1. The summed E-state index contributed by atoms with van der Waals surface area (Å²) in [6, 6.07) is 0.467. The largest absolute Gasteiger partial charge is 0.374 e. The summed E-state index contributed by atoms with van der Waals surface area (Å²) < 4.78 is 0. The summed E-state index contributed by atoms with van der Waals surface area (Å²) in [6.07, 6.45) is 2.37. The van der Waals surface area contributed by atoms with Crippen molar-refractivity contribution in [3.63, 3.8) is 0 Å². The van der Waals surface area contributed by atoms with E-state index in [4.69, 9.17) is 5.73 Å². The topological polar surface area (TPSA) is 75.3 Å². The summed E-state index contributed by atoms with van der Waals surface area (Å²) in [7, 11) is 1.81. The number of aromatic nitrogens is 2. The molecule has 100 valence electrons. The molecule has 2 heterocycles. The lowest BCUT2D eigenvalue weighted by molar-refractivity contribution is 0.0753. The molecular weight excluding hydrogens is 250 g/mol. The van der Waals surface area contributed by atoms with Gasteiger partial charge in [-0.3, -0.25) is 9.69 Å². The molecule has 6 nitrogen and oxygen atoms in total. The third-order valence-electron chi connectivity index (χ3n) is 3.36. The van der Waals surface area contributed by atoms with Crippen molar-refractivity contribution in [1.29, 1.82) is 0 Å². The molecule has 18 heavy (non-hydrogen) atoms. The van der Waals surface area contributed by atoms with Crippen LogP contribution in [0.25, 0.3) is 0 Å². The van der Waals surface area contributed by atoms with Crippen LogP contribution < -0.4 is 5.73 Å². The van der Waals surface area contributed by atoms with E-state index in [1.807, 2.05) is 7.05 Å². The van der Waals surface area contributed by atoms with E-state index in [2.05, 4.69) is 22.0 Å². The summed E-state index contributed by atoms with van der Waals surface area (Å²) in [5.74, 6) is -0.0906. The van der Waals surface area contributed by atoms with Crippen molar-refractivity contribution < 1.29 is 4.79 Å². The average Bonchev–Trinajstić information content (AvgIpc) is 2.96. The number of hydrogen-bond donors (Lipinski definition) is 1. The molecule has 1 atom stereocenters. The van der Waals surface area contributed by atoms with Gasteiger partial charge in [-0.15, -0.1) is 10.2 Å². The molecule has 0 radical (unpaired) electrons. The van der Waals surface area contributed by atoms with Crippen LogP contribution in [0.4, 0.5) is 5.13 Å². The highest BCUT2D eigenvalue weighted by molar-refractivity contribution is 7.16. The Hall–Kier alpha value is -1.21. The van der Waals surface area contributed by atoms with Gasteiger partial charge < -0.3 is 10.6 Å². The number of anilines is 1. The predicted molar refractivity (Wildman–Crippen MR) is 71.6 cm³/mol. The number of carbonyl (C=O) groups is 1. The van der Waals surface area contributed by atoms with E-state index in [-0.39, 0.29) is 5.91 Å². The van der Waals surface area contributed by atoms with Gasteiger partial charge in [0.25, 0.3) is 5.91 Å². The summed E-state index contributed by atoms with van der Waals surface area (Å²) in [5.41, 5.74) is 5.49. The second kappa shape index (κ2) is 5.62. The minimum Gasteiger partial charge on any atom is -0.374 e. The molecule has 1 amide bonds. The minimum atomic E-state index is -0.0906. The molecule has 1 aromatic heterocycles. The Morgan fingerprint density at radius 1 is 1.61 bits per heavy atom. The first-order chi connectivity index (χ1) is 8.61. The normalized spacial score (nSPS) is 20.2. The quantitative estimate of drug-likeness (QED) is 0.870. The van der Waals surface area contributed by atoms with Gasteiger partial charge in [0.15, 0.2) is 0 Å². The van der Waals surface area contributed by atoms with Crippen molar-refractivity contribution in [2.45, 2.75) is 25.8 Å². The zero-order valence-electron chi connectivity index (χ0n) is 10.8. The Balaban J connectivity index is 1.95. The molecular formula is C11H19N5OS. The first-order valence-corrected chi connectivity index (χ1v) is 7.02. The van der Waals surface area contributed by atoms with Gasteiger partial charge in [-0.1, -0.05) is 18.3 Å². The number of nitrogens with zero attached hydrogens (tertiary/aromatic N) is 4. The molecule has 0 bridgehead atoms. The molecule has 1 fully saturated rings. The van der Waals surface area contributed by atoms with Crippen LogP contribution in [0.5, 0.6) is 0 Å². The Morgan fingerprint density at radius 3 is 3.00 bits per heavy atom. The van der Waals surface area contributed by atoms with Crippen LogP contribution in [0.2, 0.25) is 0 Å². The molecule has 0 aliphatic carbocycles. The van der Waals surface area contributed by atoms with E-state index in [0.29, 0.717) is 16.2 Å². The Labute approximate surface area is 111 Å². The standard InChI is InChI=1S/C11H19N5OS/c1-3-16-6-4-5-8(16)7-15(2)10(17)9-13-14-11(12)18-9/h8H,3-7H2,1-2H3,(H2,12,14). The Kier molecular flexibility index (Phi) is 4.13. The van der Waals surface area contributed by atoms with Gasteiger partial charge in [0.05, 0.1) is 0 Å². The van der Waals surface area contributed by atoms with Gasteiger partial charge in [0.2, 0.25) is 10.1 Å². The second-order valence-corrected chi connectivity index (χ2v) is 5.56. The molecule has 0 aromatic carbocycles. The molecule has 1 aliphatic heterocycles. The Bertz CT molecular complexity index is 421. The van der Waals surface area contributed by atoms with E-state index in [9.17, 15) is 4.79 Å². The number of likely N-dealkylation sites (N-methyl/N-ethyl adjacent to an activating group) is 2. The minimum absolute atomic E-state index is 0.0906. The molecule has 2 N–H and O–H groups in total. The average molecular weight is 269 g/mol. The highest BCUT2D eigenvalue weighted by Crippen LogP contribution is 2.19. The van der Waals surface area contributed by atoms with Crippen LogP contribution in [0.1, 0.15) is 29.6 Å². The van der Waals surface area contributed by atoms with E-state index in [1.165, 1.54) is 6.42 Å². The van der Waals surface area contributed by atoms with Crippen molar-refractivity contribution in [2.24, 2.45) is 0 Å². The summed E-state index contributed by atoms with van der Waals surface area (Å²) >= 11 is 1.14. The van der Waals surface area contributed by atoms with Crippen molar-refractivity contribution in [1.82, 2.24) is 20.0 Å². The fourth-order valence-electron chi connectivity index (χ4n) is 2.40. The Morgan fingerprint density at radius 2 is 2.39 bits per heavy atom. The SMILES string of the molecule is CCN1CCCC1CN(C)C(=O)c1nnc(N)s1. The number of nitrogen functional groups attached to an aromatic ring is 1. The van der Waals surface area contributed by atoms with Crippen LogP contribution in [-0.2, 0) is 0 Å². The van der Waals surface area contributed by atoms with Crippen molar-refractivity contribution in [3.8, 4) is 0 Å². The van der Waals surface area contributed by atoms with E-state index >= 15 is 0 Å². The predicted octanol–water partition coefficient (Wildman–Crippen LogP) is 0.677. The van der Waals surface area contributed by atoms with Crippen molar-refractivity contribution >= 4 is 22.4 Å². The molecule has 1 aromatic rings. The van der Waals surface area contributed by atoms with E-state index in [0.717, 1.165) is 37.4 Å². The van der Waals surface area contributed by atoms with Crippen LogP contribution in [-0.4, -0.2) is 58.6 Å². The van der Waals surface area contributed by atoms with Crippen LogP contribution in [0.15, 0.2) is 0 Å². The first-order valence-electron chi connectivity index (χ1n) is 6.20. The molecule has 0 saturated carbocycles. The monoisotopic (exact) mass is 269 g/mol. The van der Waals surface area contributed by atoms with Crippen LogP contribution >= 0.6 is 11.3 Å². The molecule has 1 saturated heterocycles. The molecule has 0 spiro atoms. The number of amides is 1. The maximum atomic E-state index is 12.1. The van der Waals surface area contributed by atoms with Crippen LogP contribution in [0, 0.1) is 0 Å². The third kappa shape index (κ3) is 2.78. The summed E-state index contributed by atoms with van der Waals surface area (Å²) in [5, 5.41) is 8.17. The highest BCUT2D eigenvalue weighted by atomic mass is 32.1. The highest BCUT2D eigenvalue weighted by Gasteiger charge is 2.26. The second-order valence-electron chi connectivity index (χ2n) is 4.56. The van der Waals surface area contributed by atoms with E-state index < -0.39 is 0 Å². The lowest BCUT2D eigenvalue weighted by Gasteiger charge is -2.27.